The van der Waals surface area contributed by atoms with Gasteiger partial charge in [0.15, 0.2) is 0 Å². The van der Waals surface area contributed by atoms with Gasteiger partial charge >= 0.3 is 0 Å². The molecule has 3 N–H and O–H groups in total. The van der Waals surface area contributed by atoms with E-state index in [1.807, 2.05) is 25.1 Å². The highest BCUT2D eigenvalue weighted by molar-refractivity contribution is 5.95. The van der Waals surface area contributed by atoms with E-state index < -0.39 is 5.91 Å². The lowest BCUT2D eigenvalue weighted by Gasteiger charge is -2.04. The van der Waals surface area contributed by atoms with E-state index in [-0.39, 0.29) is 12.5 Å². The number of nitrogens with one attached hydrogen (secondary N) is 1. The van der Waals surface area contributed by atoms with E-state index >= 15 is 0 Å². The Balaban J connectivity index is 1.93. The number of hydrogen-bond acceptors (Lipinski definition) is 2. The molecular weight excluding hydrogens is 276 g/mol. The molecule has 0 radical (unpaired) electrons. The monoisotopic (exact) mass is 292 g/mol. The van der Waals surface area contributed by atoms with E-state index in [4.69, 9.17) is 5.73 Å². The Hall–Kier alpha value is -3.06. The molecule has 4 heteroatoms. The number of rotatable bonds is 3. The van der Waals surface area contributed by atoms with Crippen LogP contribution >= 0.6 is 0 Å². The molecule has 0 saturated carbocycles. The van der Waals surface area contributed by atoms with Crippen molar-refractivity contribution >= 4 is 11.8 Å². The molecule has 0 heterocycles. The Bertz CT molecular complexity index is 753. The van der Waals surface area contributed by atoms with Gasteiger partial charge in [-0.3, -0.25) is 9.59 Å². The van der Waals surface area contributed by atoms with Gasteiger partial charge in [0.2, 0.25) is 5.91 Å². The van der Waals surface area contributed by atoms with Gasteiger partial charge in [0.25, 0.3) is 5.91 Å². The first-order chi connectivity index (χ1) is 10.6. The molecule has 2 rings (SSSR count). The molecule has 110 valence electrons. The van der Waals surface area contributed by atoms with Crippen molar-refractivity contribution in [2.45, 2.75) is 6.92 Å². The van der Waals surface area contributed by atoms with Gasteiger partial charge in [-0.05, 0) is 42.8 Å². The van der Waals surface area contributed by atoms with Crippen LogP contribution in [0.15, 0.2) is 48.5 Å². The normalized spacial score (nSPS) is 9.50. The van der Waals surface area contributed by atoms with Crippen LogP contribution in [0.2, 0.25) is 0 Å². The number of carbonyl (C=O) groups is 2. The van der Waals surface area contributed by atoms with Gasteiger partial charge in [-0.15, -0.1) is 0 Å². The summed E-state index contributed by atoms with van der Waals surface area (Å²) in [6.07, 6.45) is 0. The summed E-state index contributed by atoms with van der Waals surface area (Å²) in [5, 5.41) is 2.75. The fourth-order valence-corrected chi connectivity index (χ4v) is 1.91. The topological polar surface area (TPSA) is 72.2 Å². The number of benzene rings is 2. The Morgan fingerprint density at radius 2 is 1.77 bits per heavy atom. The minimum atomic E-state index is -0.468. The average Bonchev–Trinajstić information content (AvgIpc) is 2.52. The number of aryl methyl sites for hydroxylation is 1. The van der Waals surface area contributed by atoms with Crippen molar-refractivity contribution in [3.63, 3.8) is 0 Å². The van der Waals surface area contributed by atoms with Crippen molar-refractivity contribution in [3.05, 3.63) is 70.8 Å². The van der Waals surface area contributed by atoms with Gasteiger partial charge in [0.05, 0.1) is 6.54 Å². The molecule has 0 atom stereocenters. The molecule has 0 aliphatic heterocycles. The van der Waals surface area contributed by atoms with Gasteiger partial charge in [-0.25, -0.2) is 0 Å². The summed E-state index contributed by atoms with van der Waals surface area (Å²) in [5.74, 6) is 5.18. The smallest absolute Gasteiger partial charge is 0.252 e. The van der Waals surface area contributed by atoms with Crippen molar-refractivity contribution in [2.24, 2.45) is 5.73 Å². The molecule has 0 saturated heterocycles. The van der Waals surface area contributed by atoms with Gasteiger partial charge in [-0.1, -0.05) is 30.0 Å². The van der Waals surface area contributed by atoms with Crippen molar-refractivity contribution in [1.82, 2.24) is 5.32 Å². The summed E-state index contributed by atoms with van der Waals surface area (Å²) in [6.45, 7) is 2.14. The molecule has 0 aliphatic rings. The molecule has 0 unspecified atom stereocenters. The van der Waals surface area contributed by atoms with Crippen molar-refractivity contribution in [3.8, 4) is 11.8 Å². The summed E-state index contributed by atoms with van der Waals surface area (Å²) >= 11 is 0. The molecule has 0 aromatic heterocycles. The summed E-state index contributed by atoms with van der Waals surface area (Å²) in [5.41, 5.74) is 7.94. The quantitative estimate of drug-likeness (QED) is 0.848. The maximum absolute atomic E-state index is 12.0. The molecule has 22 heavy (non-hydrogen) atoms. The first kappa shape index (κ1) is 15.3. The zero-order chi connectivity index (χ0) is 15.9. The summed E-state index contributed by atoms with van der Waals surface area (Å²) in [7, 11) is 0. The van der Waals surface area contributed by atoms with E-state index in [0.29, 0.717) is 11.1 Å². The van der Waals surface area contributed by atoms with E-state index in [9.17, 15) is 9.59 Å². The van der Waals surface area contributed by atoms with E-state index in [1.165, 1.54) is 0 Å². The van der Waals surface area contributed by atoms with Gasteiger partial charge in [0.1, 0.15) is 0 Å². The van der Waals surface area contributed by atoms with Crippen LogP contribution in [0.3, 0.4) is 0 Å². The maximum atomic E-state index is 12.0. The SMILES string of the molecule is Cc1ccccc1C(=O)NCC#Cc1ccc(C(N)=O)cc1. The Labute approximate surface area is 129 Å². The van der Waals surface area contributed by atoms with Crippen LogP contribution in [0.5, 0.6) is 0 Å². The molecule has 2 aromatic rings. The summed E-state index contributed by atoms with van der Waals surface area (Å²) in [4.78, 5) is 22.9. The Kier molecular flexibility index (Phi) is 4.94. The van der Waals surface area contributed by atoms with Crippen molar-refractivity contribution in [1.29, 1.82) is 0 Å². The van der Waals surface area contributed by atoms with Crippen LogP contribution in [-0.4, -0.2) is 18.4 Å². The second-order valence-corrected chi connectivity index (χ2v) is 4.74. The van der Waals surface area contributed by atoms with E-state index in [2.05, 4.69) is 17.2 Å². The van der Waals surface area contributed by atoms with Gasteiger partial charge in [0, 0.05) is 16.7 Å². The standard InChI is InChI=1S/C18H16N2O2/c1-13-5-2-3-7-16(13)18(22)20-12-4-6-14-8-10-15(11-9-14)17(19)21/h2-3,5,7-11H,12H2,1H3,(H2,19,21)(H,20,22). The zero-order valence-electron chi connectivity index (χ0n) is 12.2. The van der Waals surface area contributed by atoms with Crippen LogP contribution in [0.4, 0.5) is 0 Å². The zero-order valence-corrected chi connectivity index (χ0v) is 12.2. The molecule has 0 fully saturated rings. The second kappa shape index (κ2) is 7.09. The van der Waals surface area contributed by atoms with Crippen molar-refractivity contribution in [2.75, 3.05) is 6.54 Å². The fourth-order valence-electron chi connectivity index (χ4n) is 1.91. The third kappa shape index (κ3) is 3.97. The number of amides is 2. The van der Waals surface area contributed by atoms with Crippen LogP contribution in [0.1, 0.15) is 31.8 Å². The largest absolute Gasteiger partial charge is 0.366 e. The first-order valence-corrected chi connectivity index (χ1v) is 6.80. The highest BCUT2D eigenvalue weighted by atomic mass is 16.2. The third-order valence-electron chi connectivity index (χ3n) is 3.13. The fraction of sp³-hybridized carbons (Fsp3) is 0.111. The third-order valence-corrected chi connectivity index (χ3v) is 3.13. The Morgan fingerprint density at radius 1 is 1.09 bits per heavy atom. The second-order valence-electron chi connectivity index (χ2n) is 4.74. The van der Waals surface area contributed by atoms with Crippen LogP contribution in [0.25, 0.3) is 0 Å². The van der Waals surface area contributed by atoms with E-state index in [1.54, 1.807) is 30.3 Å². The van der Waals surface area contributed by atoms with Crippen LogP contribution in [-0.2, 0) is 0 Å². The average molecular weight is 292 g/mol. The highest BCUT2D eigenvalue weighted by Crippen LogP contribution is 2.06. The minimum Gasteiger partial charge on any atom is -0.366 e. The highest BCUT2D eigenvalue weighted by Gasteiger charge is 2.05. The predicted octanol–water partition coefficient (Wildman–Crippen LogP) is 1.88. The molecule has 0 bridgehead atoms. The molecule has 4 nitrogen and oxygen atoms in total. The number of primary amides is 1. The molecule has 0 aliphatic carbocycles. The van der Waals surface area contributed by atoms with Gasteiger partial charge in [-0.2, -0.15) is 0 Å². The first-order valence-electron chi connectivity index (χ1n) is 6.80. The van der Waals surface area contributed by atoms with Gasteiger partial charge < -0.3 is 11.1 Å². The number of hydrogen-bond donors (Lipinski definition) is 2. The minimum absolute atomic E-state index is 0.142. The predicted molar refractivity (Wildman–Crippen MR) is 85.4 cm³/mol. The summed E-state index contributed by atoms with van der Waals surface area (Å²) in [6, 6.07) is 14.1. The summed E-state index contributed by atoms with van der Waals surface area (Å²) < 4.78 is 0. The lowest BCUT2D eigenvalue weighted by molar-refractivity contribution is 0.0956. The number of carbonyl (C=O) groups excluding carboxylic acids is 2. The van der Waals surface area contributed by atoms with Crippen LogP contribution < -0.4 is 11.1 Å². The number of nitrogens with two attached hydrogens (primary N) is 1. The molecule has 2 amide bonds. The van der Waals surface area contributed by atoms with E-state index in [0.717, 1.165) is 11.1 Å². The lowest BCUT2D eigenvalue weighted by Crippen LogP contribution is -2.24. The molecule has 2 aromatic carbocycles. The van der Waals surface area contributed by atoms with Crippen molar-refractivity contribution < 1.29 is 9.59 Å². The molecular formula is C18H16N2O2. The maximum Gasteiger partial charge on any atom is 0.252 e. The van der Waals surface area contributed by atoms with Crippen LogP contribution in [0, 0.1) is 18.8 Å². The molecule has 0 spiro atoms. The Morgan fingerprint density at radius 3 is 2.41 bits per heavy atom. The lowest BCUT2D eigenvalue weighted by atomic mass is 10.1.